The van der Waals surface area contributed by atoms with Crippen LogP contribution in [0.2, 0.25) is 0 Å². The first-order valence-electron chi connectivity index (χ1n) is 6.97. The fourth-order valence-corrected chi connectivity index (χ4v) is 3.57. The molecule has 2 rings (SSSR count). The summed E-state index contributed by atoms with van der Waals surface area (Å²) in [7, 11) is -1.96. The van der Waals surface area contributed by atoms with E-state index in [2.05, 4.69) is 10.0 Å². The van der Waals surface area contributed by atoms with Crippen molar-refractivity contribution in [2.45, 2.75) is 36.6 Å². The lowest BCUT2D eigenvalue weighted by Gasteiger charge is -2.13. The van der Waals surface area contributed by atoms with Crippen LogP contribution in [0, 0.1) is 0 Å². The topological polar surface area (TPSA) is 84.5 Å². The largest absolute Gasteiger partial charge is 0.484 e. The summed E-state index contributed by atoms with van der Waals surface area (Å²) in [5.41, 5.74) is 0. The van der Waals surface area contributed by atoms with Gasteiger partial charge in [-0.25, -0.2) is 13.1 Å². The molecule has 1 amide bonds. The lowest BCUT2D eigenvalue weighted by Crippen LogP contribution is -2.32. The molecular weight excluding hydrogens is 292 g/mol. The molecule has 0 radical (unpaired) electrons. The minimum Gasteiger partial charge on any atom is -0.484 e. The van der Waals surface area contributed by atoms with Crippen molar-refractivity contribution in [2.24, 2.45) is 0 Å². The van der Waals surface area contributed by atoms with Crippen molar-refractivity contribution in [1.82, 2.24) is 10.0 Å². The number of amides is 1. The van der Waals surface area contributed by atoms with Gasteiger partial charge in [-0.1, -0.05) is 12.8 Å². The van der Waals surface area contributed by atoms with Gasteiger partial charge in [-0.05, 0) is 37.1 Å². The second kappa shape index (κ2) is 6.91. The van der Waals surface area contributed by atoms with Crippen LogP contribution in [0.1, 0.15) is 25.7 Å². The van der Waals surface area contributed by atoms with Gasteiger partial charge in [-0.15, -0.1) is 0 Å². The van der Waals surface area contributed by atoms with Crippen LogP contribution in [0.15, 0.2) is 29.2 Å². The van der Waals surface area contributed by atoms with Crippen LogP contribution in [-0.4, -0.2) is 34.0 Å². The predicted molar refractivity (Wildman–Crippen MR) is 78.6 cm³/mol. The van der Waals surface area contributed by atoms with Crippen molar-refractivity contribution in [3.63, 3.8) is 0 Å². The number of sulfonamides is 1. The van der Waals surface area contributed by atoms with Gasteiger partial charge in [-0.2, -0.15) is 0 Å². The minimum atomic E-state index is -3.48. The van der Waals surface area contributed by atoms with Crippen LogP contribution in [0.25, 0.3) is 0 Å². The van der Waals surface area contributed by atoms with Crippen LogP contribution in [-0.2, 0) is 14.8 Å². The highest BCUT2D eigenvalue weighted by atomic mass is 32.2. The normalized spacial score (nSPS) is 15.9. The number of carbonyl (C=O) groups excluding carboxylic acids is 1. The quantitative estimate of drug-likeness (QED) is 0.822. The van der Waals surface area contributed by atoms with Crippen LogP contribution in [0.4, 0.5) is 0 Å². The molecule has 0 spiro atoms. The number of ether oxygens (including phenoxy) is 1. The van der Waals surface area contributed by atoms with Crippen molar-refractivity contribution in [1.29, 1.82) is 0 Å². The molecule has 21 heavy (non-hydrogen) atoms. The molecule has 0 saturated heterocycles. The maximum absolute atomic E-state index is 12.2. The summed E-state index contributed by atoms with van der Waals surface area (Å²) in [6.07, 6.45) is 3.93. The van der Waals surface area contributed by atoms with Gasteiger partial charge in [0.15, 0.2) is 6.61 Å². The molecule has 2 N–H and O–H groups in total. The van der Waals surface area contributed by atoms with E-state index < -0.39 is 10.0 Å². The number of carbonyl (C=O) groups is 1. The summed E-state index contributed by atoms with van der Waals surface area (Å²) in [5.74, 6) is 0.216. The number of likely N-dealkylation sites (N-methyl/N-ethyl adjacent to an activating group) is 1. The standard InChI is InChI=1S/C14H20N2O4S/c1-15-14(17)10-20-12-6-8-13(9-7-12)21(18,19)16-11-4-2-3-5-11/h6-9,11,16H,2-5,10H2,1H3,(H,15,17). The molecule has 116 valence electrons. The molecule has 0 heterocycles. The Morgan fingerprint density at radius 1 is 1.24 bits per heavy atom. The third kappa shape index (κ3) is 4.44. The number of rotatable bonds is 6. The van der Waals surface area contributed by atoms with Crippen molar-refractivity contribution < 1.29 is 17.9 Å². The molecule has 7 heteroatoms. The van der Waals surface area contributed by atoms with Gasteiger partial charge in [0, 0.05) is 13.1 Å². The molecule has 1 aromatic carbocycles. The van der Waals surface area contributed by atoms with Crippen LogP contribution in [0.3, 0.4) is 0 Å². The van der Waals surface area contributed by atoms with E-state index in [0.29, 0.717) is 5.75 Å². The Morgan fingerprint density at radius 2 is 1.86 bits per heavy atom. The number of hydrogen-bond acceptors (Lipinski definition) is 4. The summed E-state index contributed by atoms with van der Waals surface area (Å²) >= 11 is 0. The van der Waals surface area contributed by atoms with Crippen molar-refractivity contribution in [3.05, 3.63) is 24.3 Å². The molecule has 0 atom stereocenters. The van der Waals surface area contributed by atoms with Gasteiger partial charge in [-0.3, -0.25) is 4.79 Å². The fraction of sp³-hybridized carbons (Fsp3) is 0.500. The van der Waals surface area contributed by atoms with Crippen molar-refractivity contribution >= 4 is 15.9 Å². The summed E-state index contributed by atoms with van der Waals surface area (Å²) in [6.45, 7) is -0.0943. The van der Waals surface area contributed by atoms with E-state index >= 15 is 0 Å². The first-order chi connectivity index (χ1) is 10.0. The molecule has 6 nitrogen and oxygen atoms in total. The highest BCUT2D eigenvalue weighted by Crippen LogP contribution is 2.21. The third-order valence-electron chi connectivity index (χ3n) is 3.46. The summed E-state index contributed by atoms with van der Waals surface area (Å²) in [5, 5.41) is 2.44. The zero-order valence-electron chi connectivity index (χ0n) is 12.0. The Balaban J connectivity index is 1.98. The second-order valence-corrected chi connectivity index (χ2v) is 6.75. The number of hydrogen-bond donors (Lipinski definition) is 2. The zero-order valence-corrected chi connectivity index (χ0v) is 12.8. The van der Waals surface area contributed by atoms with E-state index in [1.807, 2.05) is 0 Å². The molecule has 1 aliphatic rings. The van der Waals surface area contributed by atoms with Crippen LogP contribution < -0.4 is 14.8 Å². The first kappa shape index (κ1) is 15.8. The van der Waals surface area contributed by atoms with Gasteiger partial charge in [0.2, 0.25) is 10.0 Å². The smallest absolute Gasteiger partial charge is 0.257 e. The molecule has 1 aliphatic carbocycles. The van der Waals surface area contributed by atoms with Crippen LogP contribution >= 0.6 is 0 Å². The third-order valence-corrected chi connectivity index (χ3v) is 5.00. The van der Waals surface area contributed by atoms with E-state index in [-0.39, 0.29) is 23.5 Å². The van der Waals surface area contributed by atoms with Crippen LogP contribution in [0.5, 0.6) is 5.75 Å². The van der Waals surface area contributed by atoms with Gasteiger partial charge >= 0.3 is 0 Å². The molecule has 0 aromatic heterocycles. The van der Waals surface area contributed by atoms with E-state index in [0.717, 1.165) is 25.7 Å². The molecular formula is C14H20N2O4S. The van der Waals surface area contributed by atoms with Gasteiger partial charge in [0.05, 0.1) is 4.90 Å². The zero-order chi connectivity index (χ0) is 15.3. The lowest BCUT2D eigenvalue weighted by molar-refractivity contribution is -0.122. The Morgan fingerprint density at radius 3 is 2.43 bits per heavy atom. The summed E-state index contributed by atoms with van der Waals surface area (Å²) in [4.78, 5) is 11.3. The monoisotopic (exact) mass is 312 g/mol. The predicted octanol–water partition coefficient (Wildman–Crippen LogP) is 1.03. The maximum Gasteiger partial charge on any atom is 0.257 e. The summed E-state index contributed by atoms with van der Waals surface area (Å²) < 4.78 is 32.3. The number of benzene rings is 1. The van der Waals surface area contributed by atoms with Crippen molar-refractivity contribution in [3.8, 4) is 5.75 Å². The Hall–Kier alpha value is -1.60. The average molecular weight is 312 g/mol. The molecule has 1 fully saturated rings. The number of nitrogens with one attached hydrogen (secondary N) is 2. The Labute approximate surface area is 124 Å². The highest BCUT2D eigenvalue weighted by Gasteiger charge is 2.22. The van der Waals surface area contributed by atoms with Gasteiger partial charge in [0.25, 0.3) is 5.91 Å². The molecule has 0 aliphatic heterocycles. The van der Waals surface area contributed by atoms with E-state index in [1.54, 1.807) is 12.1 Å². The minimum absolute atomic E-state index is 0.0409. The van der Waals surface area contributed by atoms with Crippen molar-refractivity contribution in [2.75, 3.05) is 13.7 Å². The molecule has 0 bridgehead atoms. The summed E-state index contributed by atoms with van der Waals surface area (Å²) in [6, 6.07) is 6.10. The second-order valence-electron chi connectivity index (χ2n) is 5.04. The first-order valence-corrected chi connectivity index (χ1v) is 8.45. The Bertz CT molecular complexity index is 577. The fourth-order valence-electron chi connectivity index (χ4n) is 2.27. The lowest BCUT2D eigenvalue weighted by atomic mass is 10.3. The van der Waals surface area contributed by atoms with E-state index in [9.17, 15) is 13.2 Å². The van der Waals surface area contributed by atoms with E-state index in [4.69, 9.17) is 4.74 Å². The Kier molecular flexibility index (Phi) is 5.19. The molecule has 1 saturated carbocycles. The molecule has 1 aromatic rings. The average Bonchev–Trinajstić information content (AvgIpc) is 2.97. The highest BCUT2D eigenvalue weighted by molar-refractivity contribution is 7.89. The van der Waals surface area contributed by atoms with Gasteiger partial charge in [0.1, 0.15) is 5.75 Å². The van der Waals surface area contributed by atoms with E-state index in [1.165, 1.54) is 19.2 Å². The molecule has 0 unspecified atom stereocenters. The van der Waals surface area contributed by atoms with Gasteiger partial charge < -0.3 is 10.1 Å². The SMILES string of the molecule is CNC(=O)COc1ccc(S(=O)(=O)NC2CCCC2)cc1. The maximum atomic E-state index is 12.2.